The van der Waals surface area contributed by atoms with Crippen molar-refractivity contribution in [1.29, 1.82) is 0 Å². The zero-order chi connectivity index (χ0) is 14.7. The van der Waals surface area contributed by atoms with Crippen molar-refractivity contribution in [1.82, 2.24) is 9.80 Å². The number of carbonyl (C=O) groups is 1. The Labute approximate surface area is 121 Å². The van der Waals surface area contributed by atoms with Crippen LogP contribution in [-0.4, -0.2) is 61.5 Å². The molecule has 1 aliphatic heterocycles. The number of carbonyl (C=O) groups excluding carboxylic acids is 1. The lowest BCUT2D eigenvalue weighted by molar-refractivity contribution is 0.0681. The summed E-state index contributed by atoms with van der Waals surface area (Å²) in [6.45, 7) is 6.64. The first-order valence-electron chi connectivity index (χ1n) is 7.17. The first kappa shape index (κ1) is 15.0. The van der Waals surface area contributed by atoms with Gasteiger partial charge in [0, 0.05) is 19.6 Å². The van der Waals surface area contributed by atoms with Gasteiger partial charge in [0.05, 0.1) is 17.7 Å². The van der Waals surface area contributed by atoms with Crippen LogP contribution in [0.25, 0.3) is 0 Å². The van der Waals surface area contributed by atoms with Crippen LogP contribution in [0.3, 0.4) is 0 Å². The van der Waals surface area contributed by atoms with Gasteiger partial charge in [-0.2, -0.15) is 0 Å². The fourth-order valence-electron chi connectivity index (χ4n) is 2.50. The first-order chi connectivity index (χ1) is 9.49. The van der Waals surface area contributed by atoms with Gasteiger partial charge in [-0.25, -0.2) is 0 Å². The van der Waals surface area contributed by atoms with E-state index in [1.807, 2.05) is 45.2 Å². The van der Waals surface area contributed by atoms with E-state index >= 15 is 0 Å². The maximum Gasteiger partial charge on any atom is 0.184 e. The molecule has 0 amide bonds. The van der Waals surface area contributed by atoms with E-state index in [-0.39, 0.29) is 17.9 Å². The molecule has 1 atom stereocenters. The number of para-hydroxylation sites is 1. The summed E-state index contributed by atoms with van der Waals surface area (Å²) < 4.78 is 5.77. The van der Waals surface area contributed by atoms with Crippen molar-refractivity contribution in [2.75, 3.05) is 33.7 Å². The number of ether oxygens (including phenoxy) is 1. The summed E-state index contributed by atoms with van der Waals surface area (Å²) in [7, 11) is 4.07. The fraction of sp³-hybridized carbons (Fsp3) is 0.562. The molecule has 1 saturated heterocycles. The van der Waals surface area contributed by atoms with Gasteiger partial charge >= 0.3 is 0 Å². The molecule has 0 saturated carbocycles. The average molecular weight is 276 g/mol. The second-order valence-corrected chi connectivity index (χ2v) is 5.79. The van der Waals surface area contributed by atoms with Crippen LogP contribution in [0.4, 0.5) is 0 Å². The van der Waals surface area contributed by atoms with Gasteiger partial charge in [-0.3, -0.25) is 9.69 Å². The molecule has 1 unspecified atom stereocenters. The summed E-state index contributed by atoms with van der Waals surface area (Å²) in [6, 6.07) is 7.45. The zero-order valence-corrected chi connectivity index (χ0v) is 12.8. The van der Waals surface area contributed by atoms with Gasteiger partial charge in [0.15, 0.2) is 5.78 Å². The van der Waals surface area contributed by atoms with Gasteiger partial charge in [0.25, 0.3) is 0 Å². The second kappa shape index (κ2) is 6.37. The van der Waals surface area contributed by atoms with E-state index in [1.54, 1.807) is 0 Å². The Bertz CT molecular complexity index is 473. The SMILES string of the molecule is CC(C)Oc1ccccc1C(=O)C1CN(C)CCN1C. The normalized spacial score (nSPS) is 21.1. The van der Waals surface area contributed by atoms with E-state index in [9.17, 15) is 4.79 Å². The molecular weight excluding hydrogens is 252 g/mol. The number of hydrogen-bond acceptors (Lipinski definition) is 4. The highest BCUT2D eigenvalue weighted by atomic mass is 16.5. The first-order valence-corrected chi connectivity index (χ1v) is 7.17. The van der Waals surface area contributed by atoms with Crippen molar-refractivity contribution >= 4 is 5.78 Å². The van der Waals surface area contributed by atoms with Crippen molar-refractivity contribution in [2.24, 2.45) is 0 Å². The molecule has 0 radical (unpaired) electrons. The van der Waals surface area contributed by atoms with Gasteiger partial charge in [-0.1, -0.05) is 12.1 Å². The number of rotatable bonds is 4. The molecule has 4 heteroatoms. The van der Waals surface area contributed by atoms with Gasteiger partial charge in [0.1, 0.15) is 5.75 Å². The summed E-state index contributed by atoms with van der Waals surface area (Å²) in [5, 5.41) is 0. The molecule has 1 aliphatic rings. The number of hydrogen-bond donors (Lipinski definition) is 0. The molecule has 1 aromatic carbocycles. The molecule has 0 aromatic heterocycles. The van der Waals surface area contributed by atoms with E-state index in [2.05, 4.69) is 16.8 Å². The lowest BCUT2D eigenvalue weighted by atomic mass is 10.00. The summed E-state index contributed by atoms with van der Waals surface area (Å²) >= 11 is 0. The predicted molar refractivity (Wildman–Crippen MR) is 80.5 cm³/mol. The molecule has 0 bridgehead atoms. The Morgan fingerprint density at radius 1 is 1.25 bits per heavy atom. The topological polar surface area (TPSA) is 32.8 Å². The second-order valence-electron chi connectivity index (χ2n) is 5.79. The molecule has 0 spiro atoms. The highest BCUT2D eigenvalue weighted by molar-refractivity contribution is 6.02. The average Bonchev–Trinajstić information content (AvgIpc) is 2.41. The van der Waals surface area contributed by atoms with E-state index in [0.717, 1.165) is 19.6 Å². The van der Waals surface area contributed by atoms with Crippen LogP contribution < -0.4 is 4.74 Å². The summed E-state index contributed by atoms with van der Waals surface area (Å²) in [5.74, 6) is 0.837. The molecule has 1 aromatic rings. The van der Waals surface area contributed by atoms with Crippen LogP contribution in [0.5, 0.6) is 5.75 Å². The quantitative estimate of drug-likeness (QED) is 0.786. The van der Waals surface area contributed by atoms with Gasteiger partial charge in [-0.15, -0.1) is 0 Å². The van der Waals surface area contributed by atoms with Crippen molar-refractivity contribution in [3.05, 3.63) is 29.8 Å². The summed E-state index contributed by atoms with van der Waals surface area (Å²) in [4.78, 5) is 17.1. The largest absolute Gasteiger partial charge is 0.490 e. The van der Waals surface area contributed by atoms with Crippen LogP contribution in [0.15, 0.2) is 24.3 Å². The molecule has 20 heavy (non-hydrogen) atoms. The molecular formula is C16H24N2O2. The summed E-state index contributed by atoms with van der Waals surface area (Å²) in [6.07, 6.45) is 0.0655. The van der Waals surface area contributed by atoms with E-state index in [0.29, 0.717) is 11.3 Å². The van der Waals surface area contributed by atoms with Crippen LogP contribution in [0, 0.1) is 0 Å². The Morgan fingerprint density at radius 2 is 1.95 bits per heavy atom. The molecule has 0 N–H and O–H groups in total. The third-order valence-corrected chi connectivity index (χ3v) is 3.67. The maximum absolute atomic E-state index is 12.8. The highest BCUT2D eigenvalue weighted by Gasteiger charge is 2.30. The minimum atomic E-state index is -0.0920. The maximum atomic E-state index is 12.8. The van der Waals surface area contributed by atoms with Crippen molar-refractivity contribution < 1.29 is 9.53 Å². The van der Waals surface area contributed by atoms with Crippen LogP contribution in [-0.2, 0) is 0 Å². The smallest absolute Gasteiger partial charge is 0.184 e. The molecule has 4 nitrogen and oxygen atoms in total. The Hall–Kier alpha value is -1.39. The van der Waals surface area contributed by atoms with E-state index in [1.165, 1.54) is 0 Å². The number of piperazine rings is 1. The van der Waals surface area contributed by atoms with Crippen LogP contribution in [0.1, 0.15) is 24.2 Å². The minimum Gasteiger partial charge on any atom is -0.490 e. The zero-order valence-electron chi connectivity index (χ0n) is 12.8. The molecule has 1 heterocycles. The number of nitrogens with zero attached hydrogens (tertiary/aromatic N) is 2. The molecule has 0 aliphatic carbocycles. The third-order valence-electron chi connectivity index (χ3n) is 3.67. The highest BCUT2D eigenvalue weighted by Crippen LogP contribution is 2.23. The van der Waals surface area contributed by atoms with E-state index in [4.69, 9.17) is 4.74 Å². The Kier molecular flexibility index (Phi) is 4.78. The standard InChI is InChI=1S/C16H24N2O2/c1-12(2)20-15-8-6-5-7-13(15)16(19)14-11-17(3)9-10-18(14)4/h5-8,12,14H,9-11H2,1-4H3. The van der Waals surface area contributed by atoms with E-state index < -0.39 is 0 Å². The molecule has 1 fully saturated rings. The lowest BCUT2D eigenvalue weighted by Gasteiger charge is -2.36. The Morgan fingerprint density at radius 3 is 2.65 bits per heavy atom. The van der Waals surface area contributed by atoms with Gasteiger partial charge < -0.3 is 9.64 Å². The number of Topliss-reactive ketones (excluding diaryl/α,β-unsaturated/α-hetero) is 1. The fourth-order valence-corrected chi connectivity index (χ4v) is 2.50. The number of likely N-dealkylation sites (N-methyl/N-ethyl adjacent to an activating group) is 2. The Balaban J connectivity index is 2.24. The lowest BCUT2D eigenvalue weighted by Crippen LogP contribution is -2.53. The number of ketones is 1. The van der Waals surface area contributed by atoms with Crippen molar-refractivity contribution in [2.45, 2.75) is 26.0 Å². The third kappa shape index (κ3) is 3.38. The molecule has 2 rings (SSSR count). The number of benzene rings is 1. The summed E-state index contributed by atoms with van der Waals surface area (Å²) in [5.41, 5.74) is 0.688. The monoisotopic (exact) mass is 276 g/mol. The van der Waals surface area contributed by atoms with Crippen molar-refractivity contribution in [3.8, 4) is 5.75 Å². The van der Waals surface area contributed by atoms with Gasteiger partial charge in [-0.05, 0) is 40.1 Å². The molecule has 110 valence electrons. The minimum absolute atomic E-state index is 0.0655. The van der Waals surface area contributed by atoms with Crippen LogP contribution in [0.2, 0.25) is 0 Å². The van der Waals surface area contributed by atoms with Crippen LogP contribution >= 0.6 is 0 Å². The van der Waals surface area contributed by atoms with Crippen molar-refractivity contribution in [3.63, 3.8) is 0 Å². The predicted octanol–water partition coefficient (Wildman–Crippen LogP) is 1.90. The van der Waals surface area contributed by atoms with Gasteiger partial charge in [0.2, 0.25) is 0 Å².